The van der Waals surface area contributed by atoms with E-state index in [0.29, 0.717) is 23.6 Å². The molecule has 7 heteroatoms. The van der Waals surface area contributed by atoms with Crippen molar-refractivity contribution >= 4 is 21.4 Å². The van der Waals surface area contributed by atoms with Gasteiger partial charge in [0.05, 0.1) is 29.3 Å². The predicted octanol–water partition coefficient (Wildman–Crippen LogP) is 2.64. The largest absolute Gasteiger partial charge is 0.494 e. The van der Waals surface area contributed by atoms with Crippen LogP contribution in [0.4, 0.5) is 0 Å². The van der Waals surface area contributed by atoms with Gasteiger partial charge in [-0.05, 0) is 44.0 Å². The smallest absolute Gasteiger partial charge is 0.241 e. The summed E-state index contributed by atoms with van der Waals surface area (Å²) in [5.74, 6) is 0.716. The van der Waals surface area contributed by atoms with E-state index in [1.54, 1.807) is 24.6 Å². The normalized spacial score (nSPS) is 11.6. The van der Waals surface area contributed by atoms with Crippen LogP contribution in [0.1, 0.15) is 23.7 Å². The molecule has 114 valence electrons. The van der Waals surface area contributed by atoms with Crippen molar-refractivity contribution in [1.82, 2.24) is 9.71 Å². The van der Waals surface area contributed by atoms with E-state index in [1.807, 2.05) is 19.2 Å². The molecule has 1 N–H and O–H groups in total. The van der Waals surface area contributed by atoms with Crippen molar-refractivity contribution in [3.05, 3.63) is 39.8 Å². The minimum absolute atomic E-state index is 0.192. The second-order valence-corrected chi connectivity index (χ2v) is 7.07. The molecule has 0 radical (unpaired) electrons. The number of nitrogens with zero attached hydrogens (tertiary/aromatic N) is 1. The van der Waals surface area contributed by atoms with Gasteiger partial charge in [0, 0.05) is 5.38 Å². The van der Waals surface area contributed by atoms with Crippen molar-refractivity contribution in [3.8, 4) is 5.75 Å². The first kappa shape index (κ1) is 15.9. The Morgan fingerprint density at radius 3 is 2.67 bits per heavy atom. The molecule has 0 saturated carbocycles. The topological polar surface area (TPSA) is 68.3 Å². The molecular weight excluding hydrogens is 308 g/mol. The van der Waals surface area contributed by atoms with Crippen molar-refractivity contribution in [2.24, 2.45) is 0 Å². The van der Waals surface area contributed by atoms with E-state index in [9.17, 15) is 8.42 Å². The molecule has 0 aliphatic carbocycles. The summed E-state index contributed by atoms with van der Waals surface area (Å²) < 4.78 is 32.8. The van der Waals surface area contributed by atoms with Crippen LogP contribution in [-0.2, 0) is 16.6 Å². The van der Waals surface area contributed by atoms with E-state index >= 15 is 0 Å². The molecule has 0 bridgehead atoms. The Kier molecular flexibility index (Phi) is 4.97. The Bertz CT molecular complexity index is 710. The predicted molar refractivity (Wildman–Crippen MR) is 83.2 cm³/mol. The van der Waals surface area contributed by atoms with Crippen LogP contribution in [0, 0.1) is 13.8 Å². The van der Waals surface area contributed by atoms with Crippen LogP contribution in [0.5, 0.6) is 5.75 Å². The first-order valence-electron chi connectivity index (χ1n) is 6.55. The third-order valence-electron chi connectivity index (χ3n) is 2.99. The highest BCUT2D eigenvalue weighted by molar-refractivity contribution is 7.89. The zero-order chi connectivity index (χ0) is 15.5. The van der Waals surface area contributed by atoms with Crippen LogP contribution in [0.2, 0.25) is 0 Å². The Morgan fingerprint density at radius 1 is 1.29 bits per heavy atom. The maximum Gasteiger partial charge on any atom is 0.241 e. The first-order chi connectivity index (χ1) is 9.94. The molecule has 5 nitrogen and oxygen atoms in total. The quantitative estimate of drug-likeness (QED) is 0.886. The highest BCUT2D eigenvalue weighted by atomic mass is 32.2. The van der Waals surface area contributed by atoms with Gasteiger partial charge >= 0.3 is 0 Å². The molecule has 0 spiro atoms. The molecular formula is C14H18N2O3S2. The zero-order valence-electron chi connectivity index (χ0n) is 12.2. The molecule has 2 aromatic rings. The molecule has 21 heavy (non-hydrogen) atoms. The van der Waals surface area contributed by atoms with Crippen LogP contribution >= 0.6 is 11.3 Å². The number of thiazole rings is 1. The molecule has 0 amide bonds. The number of sulfonamides is 1. The number of hydrogen-bond donors (Lipinski definition) is 1. The molecule has 2 rings (SSSR count). The zero-order valence-corrected chi connectivity index (χ0v) is 13.8. The minimum atomic E-state index is -3.56. The van der Waals surface area contributed by atoms with Crippen molar-refractivity contribution in [1.29, 1.82) is 0 Å². The Morgan fingerprint density at radius 2 is 2.05 bits per heavy atom. The van der Waals surface area contributed by atoms with E-state index in [2.05, 4.69) is 9.71 Å². The van der Waals surface area contributed by atoms with Gasteiger partial charge in [0.15, 0.2) is 0 Å². The highest BCUT2D eigenvalue weighted by Gasteiger charge is 2.18. The fraction of sp³-hybridized carbons (Fsp3) is 0.357. The van der Waals surface area contributed by atoms with Crippen LogP contribution in [0.25, 0.3) is 0 Å². The summed E-state index contributed by atoms with van der Waals surface area (Å²) in [5, 5.41) is 1.82. The van der Waals surface area contributed by atoms with Gasteiger partial charge in [0.25, 0.3) is 0 Å². The second kappa shape index (κ2) is 6.55. The fourth-order valence-electron chi connectivity index (χ4n) is 1.94. The minimum Gasteiger partial charge on any atom is -0.494 e. The number of hydrogen-bond acceptors (Lipinski definition) is 5. The van der Waals surface area contributed by atoms with Gasteiger partial charge in [-0.2, -0.15) is 0 Å². The summed E-state index contributed by atoms with van der Waals surface area (Å²) >= 11 is 1.44. The van der Waals surface area contributed by atoms with Gasteiger partial charge in [-0.1, -0.05) is 0 Å². The number of aromatic nitrogens is 1. The number of ether oxygens (including phenoxy) is 1. The Balaban J connectivity index is 2.25. The van der Waals surface area contributed by atoms with Gasteiger partial charge in [0.2, 0.25) is 10.0 Å². The third kappa shape index (κ3) is 3.81. The summed E-state index contributed by atoms with van der Waals surface area (Å²) in [6.45, 7) is 6.24. The fourth-order valence-corrected chi connectivity index (χ4v) is 3.80. The Labute approximate surface area is 129 Å². The summed E-state index contributed by atoms with van der Waals surface area (Å²) in [5.41, 5.74) is 3.85. The van der Waals surface area contributed by atoms with Gasteiger partial charge in [-0.15, -0.1) is 11.3 Å². The summed E-state index contributed by atoms with van der Waals surface area (Å²) in [6.07, 6.45) is 0. The molecule has 0 saturated heterocycles. The van der Waals surface area contributed by atoms with Crippen LogP contribution < -0.4 is 9.46 Å². The third-order valence-corrected chi connectivity index (χ3v) is 5.17. The maximum absolute atomic E-state index is 12.4. The van der Waals surface area contributed by atoms with E-state index in [1.165, 1.54) is 11.3 Å². The van der Waals surface area contributed by atoms with E-state index < -0.39 is 10.0 Å². The Hall–Kier alpha value is -1.44. The van der Waals surface area contributed by atoms with E-state index in [-0.39, 0.29) is 11.4 Å². The number of benzene rings is 1. The van der Waals surface area contributed by atoms with Crippen LogP contribution in [0.3, 0.4) is 0 Å². The molecule has 0 aliphatic rings. The lowest BCUT2D eigenvalue weighted by Gasteiger charge is -2.13. The van der Waals surface area contributed by atoms with Crippen molar-refractivity contribution in [2.45, 2.75) is 32.2 Å². The standard InChI is InChI=1S/C14H18N2O3S2/c1-4-19-13-5-11(3)14(6-10(13)2)21(17,18)16-7-12-8-20-9-15-12/h5-6,8-9,16H,4,7H2,1-3H3. The average molecular weight is 326 g/mol. The van der Waals surface area contributed by atoms with Crippen LogP contribution in [-0.4, -0.2) is 20.0 Å². The molecule has 1 aromatic heterocycles. The lowest BCUT2D eigenvalue weighted by Crippen LogP contribution is -2.24. The van der Waals surface area contributed by atoms with E-state index in [4.69, 9.17) is 4.74 Å². The van der Waals surface area contributed by atoms with Crippen molar-refractivity contribution < 1.29 is 13.2 Å². The van der Waals surface area contributed by atoms with Gasteiger partial charge in [0.1, 0.15) is 5.75 Å². The average Bonchev–Trinajstić information content (AvgIpc) is 2.94. The monoisotopic (exact) mass is 326 g/mol. The lowest BCUT2D eigenvalue weighted by atomic mass is 10.1. The lowest BCUT2D eigenvalue weighted by molar-refractivity contribution is 0.337. The molecule has 1 heterocycles. The van der Waals surface area contributed by atoms with Gasteiger partial charge in [-0.3, -0.25) is 0 Å². The highest BCUT2D eigenvalue weighted by Crippen LogP contribution is 2.26. The molecule has 1 aromatic carbocycles. The number of nitrogens with one attached hydrogen (secondary N) is 1. The summed E-state index contributed by atoms with van der Waals surface area (Å²) in [7, 11) is -3.56. The molecule has 0 unspecified atom stereocenters. The van der Waals surface area contributed by atoms with Gasteiger partial charge < -0.3 is 4.74 Å². The van der Waals surface area contributed by atoms with Crippen LogP contribution in [0.15, 0.2) is 27.9 Å². The van der Waals surface area contributed by atoms with E-state index in [0.717, 1.165) is 5.56 Å². The second-order valence-electron chi connectivity index (χ2n) is 4.62. The van der Waals surface area contributed by atoms with Crippen molar-refractivity contribution in [2.75, 3.05) is 6.61 Å². The van der Waals surface area contributed by atoms with Crippen molar-refractivity contribution in [3.63, 3.8) is 0 Å². The molecule has 0 aliphatic heterocycles. The number of aryl methyl sites for hydroxylation is 2. The summed E-state index contributed by atoms with van der Waals surface area (Å²) in [6, 6.07) is 3.40. The number of rotatable bonds is 6. The molecule has 0 atom stereocenters. The van der Waals surface area contributed by atoms with Gasteiger partial charge in [-0.25, -0.2) is 18.1 Å². The summed E-state index contributed by atoms with van der Waals surface area (Å²) in [4.78, 5) is 4.34. The molecule has 0 fully saturated rings. The SMILES string of the molecule is CCOc1cc(C)c(S(=O)(=O)NCc2cscn2)cc1C. The first-order valence-corrected chi connectivity index (χ1v) is 8.97. The maximum atomic E-state index is 12.4.